The molecule has 0 saturated carbocycles. The quantitative estimate of drug-likeness (QED) is 0.602. The average Bonchev–Trinajstić information content (AvgIpc) is 2.70. The molecule has 0 unspecified atom stereocenters. The molecule has 0 saturated heterocycles. The number of anilines is 1. The highest BCUT2D eigenvalue weighted by Crippen LogP contribution is 2.26. The summed E-state index contributed by atoms with van der Waals surface area (Å²) in [5, 5.41) is 10.1. The van der Waals surface area contributed by atoms with E-state index in [0.29, 0.717) is 42.3 Å². The monoisotopic (exact) mass is 378 g/mol. The predicted molar refractivity (Wildman–Crippen MR) is 107 cm³/mol. The normalized spacial score (nSPS) is 13.9. The second kappa shape index (κ2) is 7.36. The van der Waals surface area contributed by atoms with E-state index < -0.39 is 0 Å². The molecule has 2 aromatic carbocycles. The number of aromatic hydroxyl groups is 1. The van der Waals surface area contributed by atoms with Crippen LogP contribution < -0.4 is 16.0 Å². The molecule has 7 nitrogen and oxygen atoms in total. The minimum absolute atomic E-state index is 0.128. The molecule has 0 fully saturated rings. The van der Waals surface area contributed by atoms with Crippen molar-refractivity contribution in [3.63, 3.8) is 0 Å². The minimum atomic E-state index is -0.128. The summed E-state index contributed by atoms with van der Waals surface area (Å²) in [5.74, 6) is 1.47. The Morgan fingerprint density at radius 3 is 2.79 bits per heavy atom. The van der Waals surface area contributed by atoms with Gasteiger partial charge in [-0.15, -0.1) is 0 Å². The topological polar surface area (TPSA) is 104 Å². The van der Waals surface area contributed by atoms with Crippen LogP contribution in [-0.2, 0) is 19.5 Å². The number of hydrogen-bond donors (Lipinski definition) is 3. The first-order valence-electron chi connectivity index (χ1n) is 9.09. The van der Waals surface area contributed by atoms with Crippen LogP contribution in [0, 0.1) is 0 Å². The number of benzene rings is 2. The number of aromatic amines is 1. The molecule has 1 aliphatic heterocycles. The van der Waals surface area contributed by atoms with Gasteiger partial charge in [0.1, 0.15) is 17.3 Å². The van der Waals surface area contributed by atoms with E-state index in [1.54, 1.807) is 31.4 Å². The number of nitrogen functional groups attached to an aromatic ring is 1. The van der Waals surface area contributed by atoms with Crippen LogP contribution in [0.2, 0.25) is 0 Å². The van der Waals surface area contributed by atoms with Crippen molar-refractivity contribution in [2.45, 2.75) is 19.5 Å². The fourth-order valence-corrected chi connectivity index (χ4v) is 3.45. The van der Waals surface area contributed by atoms with E-state index in [2.05, 4.69) is 14.9 Å². The van der Waals surface area contributed by atoms with Crippen LogP contribution in [0.25, 0.3) is 11.4 Å². The number of H-pyrrole nitrogens is 1. The SMILES string of the molecule is COc1ccc(O)c(CN2CCc3nc(-c4ccc(N)cc4)[nH]c(=O)c3C2)c1. The summed E-state index contributed by atoms with van der Waals surface area (Å²) in [7, 11) is 1.59. The zero-order valence-electron chi connectivity index (χ0n) is 15.6. The molecule has 0 aliphatic carbocycles. The fraction of sp³-hybridized carbons (Fsp3) is 0.238. The molecule has 0 spiro atoms. The molecule has 4 rings (SSSR count). The van der Waals surface area contributed by atoms with Gasteiger partial charge in [0.2, 0.25) is 0 Å². The number of methoxy groups -OCH3 is 1. The number of hydrogen-bond acceptors (Lipinski definition) is 6. The van der Waals surface area contributed by atoms with E-state index >= 15 is 0 Å². The number of nitrogens with zero attached hydrogens (tertiary/aromatic N) is 2. The molecule has 144 valence electrons. The summed E-state index contributed by atoms with van der Waals surface area (Å²) in [4.78, 5) is 22.3. The third kappa shape index (κ3) is 3.57. The molecule has 0 bridgehead atoms. The lowest BCUT2D eigenvalue weighted by Crippen LogP contribution is -2.35. The molecule has 1 aliphatic rings. The first-order chi connectivity index (χ1) is 13.5. The van der Waals surface area contributed by atoms with E-state index in [4.69, 9.17) is 10.5 Å². The van der Waals surface area contributed by atoms with E-state index in [0.717, 1.165) is 23.4 Å². The largest absolute Gasteiger partial charge is 0.508 e. The molecule has 0 atom stereocenters. The first kappa shape index (κ1) is 18.1. The third-order valence-corrected chi connectivity index (χ3v) is 5.01. The van der Waals surface area contributed by atoms with E-state index in [9.17, 15) is 9.90 Å². The highest BCUT2D eigenvalue weighted by molar-refractivity contribution is 5.58. The van der Waals surface area contributed by atoms with Crippen molar-refractivity contribution in [2.75, 3.05) is 19.4 Å². The highest BCUT2D eigenvalue weighted by atomic mass is 16.5. The van der Waals surface area contributed by atoms with Crippen molar-refractivity contribution >= 4 is 5.69 Å². The predicted octanol–water partition coefficient (Wildman–Crippen LogP) is 2.29. The van der Waals surface area contributed by atoms with E-state index in [1.165, 1.54) is 0 Å². The van der Waals surface area contributed by atoms with Crippen LogP contribution in [0.4, 0.5) is 5.69 Å². The Labute approximate surface area is 162 Å². The Morgan fingerprint density at radius 2 is 2.04 bits per heavy atom. The maximum absolute atomic E-state index is 12.7. The Kier molecular flexibility index (Phi) is 4.75. The van der Waals surface area contributed by atoms with Gasteiger partial charge in [-0.3, -0.25) is 9.69 Å². The average molecular weight is 378 g/mol. The van der Waals surface area contributed by atoms with Gasteiger partial charge in [-0.05, 0) is 42.5 Å². The summed E-state index contributed by atoms with van der Waals surface area (Å²) >= 11 is 0. The number of ether oxygens (including phenoxy) is 1. The first-order valence-corrected chi connectivity index (χ1v) is 9.09. The van der Waals surface area contributed by atoms with E-state index in [1.807, 2.05) is 18.2 Å². The maximum atomic E-state index is 12.7. The maximum Gasteiger partial charge on any atom is 0.255 e. The van der Waals surface area contributed by atoms with Gasteiger partial charge in [-0.25, -0.2) is 4.98 Å². The van der Waals surface area contributed by atoms with Gasteiger partial charge in [0.25, 0.3) is 5.56 Å². The molecule has 0 amide bonds. The molecule has 7 heteroatoms. The minimum Gasteiger partial charge on any atom is -0.508 e. The summed E-state index contributed by atoms with van der Waals surface area (Å²) in [6.45, 7) is 1.76. The van der Waals surface area contributed by atoms with Gasteiger partial charge in [-0.2, -0.15) is 0 Å². The number of phenols is 1. The van der Waals surface area contributed by atoms with Gasteiger partial charge in [0.15, 0.2) is 0 Å². The number of nitrogens with two attached hydrogens (primary N) is 1. The van der Waals surface area contributed by atoms with Crippen LogP contribution in [0.5, 0.6) is 11.5 Å². The van der Waals surface area contributed by atoms with Crippen molar-refractivity contribution in [1.82, 2.24) is 14.9 Å². The smallest absolute Gasteiger partial charge is 0.255 e. The van der Waals surface area contributed by atoms with Crippen molar-refractivity contribution < 1.29 is 9.84 Å². The molecule has 28 heavy (non-hydrogen) atoms. The molecule has 0 radical (unpaired) electrons. The summed E-state index contributed by atoms with van der Waals surface area (Å²) in [6.07, 6.45) is 0.673. The van der Waals surface area contributed by atoms with Crippen LogP contribution in [-0.4, -0.2) is 33.6 Å². The van der Waals surface area contributed by atoms with Crippen LogP contribution in [0.1, 0.15) is 16.8 Å². The van der Waals surface area contributed by atoms with Crippen LogP contribution in [0.15, 0.2) is 47.3 Å². The zero-order chi connectivity index (χ0) is 19.7. The molecule has 4 N–H and O–H groups in total. The van der Waals surface area contributed by atoms with Gasteiger partial charge >= 0.3 is 0 Å². The van der Waals surface area contributed by atoms with Gasteiger partial charge in [0, 0.05) is 42.9 Å². The Hall–Kier alpha value is -3.32. The summed E-state index contributed by atoms with van der Waals surface area (Å²) < 4.78 is 5.23. The van der Waals surface area contributed by atoms with Crippen LogP contribution in [0.3, 0.4) is 0 Å². The lowest BCUT2D eigenvalue weighted by Gasteiger charge is -2.28. The van der Waals surface area contributed by atoms with Crippen LogP contribution >= 0.6 is 0 Å². The lowest BCUT2D eigenvalue weighted by atomic mass is 10.0. The zero-order valence-corrected chi connectivity index (χ0v) is 15.6. The second-order valence-corrected chi connectivity index (χ2v) is 6.92. The van der Waals surface area contributed by atoms with Crippen molar-refractivity contribution in [1.29, 1.82) is 0 Å². The highest BCUT2D eigenvalue weighted by Gasteiger charge is 2.22. The Bertz CT molecular complexity index is 1060. The Balaban J connectivity index is 1.58. The molecule has 3 aromatic rings. The summed E-state index contributed by atoms with van der Waals surface area (Å²) in [6, 6.07) is 12.4. The standard InChI is InChI=1S/C21H22N4O3/c1-28-16-6-7-19(26)14(10-16)11-25-9-8-18-17(12-25)21(27)24-20(23-18)13-2-4-15(22)5-3-13/h2-7,10,26H,8-9,11-12,22H2,1H3,(H,23,24,27). The van der Waals surface area contributed by atoms with Gasteiger partial charge in [0.05, 0.1) is 18.4 Å². The van der Waals surface area contributed by atoms with E-state index in [-0.39, 0.29) is 11.3 Å². The number of aromatic nitrogens is 2. The Morgan fingerprint density at radius 1 is 1.25 bits per heavy atom. The van der Waals surface area contributed by atoms with Gasteiger partial charge < -0.3 is 20.6 Å². The van der Waals surface area contributed by atoms with Crippen molar-refractivity contribution in [3.05, 3.63) is 69.6 Å². The number of rotatable bonds is 4. The fourth-order valence-electron chi connectivity index (χ4n) is 3.45. The molecular weight excluding hydrogens is 356 g/mol. The number of phenolic OH excluding ortho intramolecular Hbond substituents is 1. The van der Waals surface area contributed by atoms with Gasteiger partial charge in [-0.1, -0.05) is 0 Å². The number of nitrogens with one attached hydrogen (secondary N) is 1. The summed E-state index contributed by atoms with van der Waals surface area (Å²) in [5.41, 5.74) is 9.36. The number of fused-ring (bicyclic) bond motifs is 1. The molecule has 2 heterocycles. The van der Waals surface area contributed by atoms with Crippen molar-refractivity contribution in [3.8, 4) is 22.9 Å². The van der Waals surface area contributed by atoms with Crippen molar-refractivity contribution in [2.24, 2.45) is 0 Å². The third-order valence-electron chi connectivity index (χ3n) is 5.01. The molecule has 1 aromatic heterocycles. The lowest BCUT2D eigenvalue weighted by molar-refractivity contribution is 0.238. The molecular formula is C21H22N4O3. The second-order valence-electron chi connectivity index (χ2n) is 6.92.